The van der Waals surface area contributed by atoms with Crippen molar-refractivity contribution in [1.29, 1.82) is 0 Å². The van der Waals surface area contributed by atoms with Gasteiger partial charge in [0.15, 0.2) is 0 Å². The van der Waals surface area contributed by atoms with Gasteiger partial charge in [-0.05, 0) is 26.7 Å². The number of aliphatic hydroxyl groups excluding tert-OH is 1. The summed E-state index contributed by atoms with van der Waals surface area (Å²) in [6.07, 6.45) is 2.81. The molecule has 2 atom stereocenters. The summed E-state index contributed by atoms with van der Waals surface area (Å²) in [6.45, 7) is 4.85. The lowest BCUT2D eigenvalue weighted by atomic mass is 10.1. The van der Waals surface area contributed by atoms with Crippen LogP contribution in [0, 0.1) is 0 Å². The zero-order valence-electron chi connectivity index (χ0n) is 7.88. The second-order valence-electron chi connectivity index (χ2n) is 3.56. The highest BCUT2D eigenvalue weighted by Crippen LogP contribution is 2.04. The van der Waals surface area contributed by atoms with Crippen LogP contribution in [0.3, 0.4) is 0 Å². The molecule has 0 bridgehead atoms. The van der Waals surface area contributed by atoms with E-state index in [9.17, 15) is 0 Å². The molecule has 0 aromatic heterocycles. The van der Waals surface area contributed by atoms with Crippen molar-refractivity contribution >= 4 is 5.84 Å². The van der Waals surface area contributed by atoms with E-state index in [2.05, 4.69) is 17.2 Å². The van der Waals surface area contributed by atoms with Gasteiger partial charge in [0.1, 0.15) is 0 Å². The van der Waals surface area contributed by atoms with E-state index in [0.717, 1.165) is 25.2 Å². The fourth-order valence-corrected chi connectivity index (χ4v) is 1.51. The third-order valence-electron chi connectivity index (χ3n) is 1.98. The first kappa shape index (κ1) is 9.52. The minimum absolute atomic E-state index is 0.227. The van der Waals surface area contributed by atoms with Crippen molar-refractivity contribution in [2.45, 2.75) is 45.3 Å². The summed E-state index contributed by atoms with van der Waals surface area (Å²) in [5.74, 6) is 1.11. The Kier molecular flexibility index (Phi) is 3.53. The monoisotopic (exact) mass is 170 g/mol. The first-order valence-electron chi connectivity index (χ1n) is 4.66. The van der Waals surface area contributed by atoms with E-state index in [1.165, 1.54) is 6.42 Å². The maximum Gasteiger partial charge on any atom is 0.0965 e. The molecule has 0 aliphatic carbocycles. The van der Waals surface area contributed by atoms with Crippen molar-refractivity contribution in [2.75, 3.05) is 6.54 Å². The predicted octanol–water partition coefficient (Wildman–Crippen LogP) is 0.928. The van der Waals surface area contributed by atoms with Gasteiger partial charge >= 0.3 is 0 Å². The van der Waals surface area contributed by atoms with Crippen LogP contribution in [0.15, 0.2) is 4.99 Å². The highest BCUT2D eigenvalue weighted by Gasteiger charge is 2.10. The van der Waals surface area contributed by atoms with Crippen molar-refractivity contribution in [3.8, 4) is 0 Å². The Bertz CT molecular complexity index is 166. The average Bonchev–Trinajstić information content (AvgIpc) is 2.37. The molecular weight excluding hydrogens is 152 g/mol. The summed E-state index contributed by atoms with van der Waals surface area (Å²) in [6, 6.07) is 0.335. The van der Waals surface area contributed by atoms with E-state index in [0.29, 0.717) is 6.04 Å². The highest BCUT2D eigenvalue weighted by molar-refractivity contribution is 5.83. The van der Waals surface area contributed by atoms with Gasteiger partial charge in [0.2, 0.25) is 0 Å². The molecule has 2 N–H and O–H groups in total. The third-order valence-corrected chi connectivity index (χ3v) is 1.98. The van der Waals surface area contributed by atoms with Crippen molar-refractivity contribution in [2.24, 2.45) is 4.99 Å². The average molecular weight is 170 g/mol. The first-order chi connectivity index (χ1) is 5.68. The Hall–Kier alpha value is -0.570. The van der Waals surface area contributed by atoms with E-state index < -0.39 is 0 Å². The van der Waals surface area contributed by atoms with Crippen LogP contribution in [0.5, 0.6) is 0 Å². The zero-order chi connectivity index (χ0) is 8.97. The van der Waals surface area contributed by atoms with Gasteiger partial charge in [-0.2, -0.15) is 0 Å². The maximum absolute atomic E-state index is 9.12. The van der Waals surface area contributed by atoms with Crippen LogP contribution in [0.25, 0.3) is 0 Å². The SMILES string of the molecule is CC(O)CC(C)NC1=NCCC1. The van der Waals surface area contributed by atoms with Crippen LogP contribution >= 0.6 is 0 Å². The first-order valence-corrected chi connectivity index (χ1v) is 4.66. The van der Waals surface area contributed by atoms with Crippen LogP contribution in [0.2, 0.25) is 0 Å². The van der Waals surface area contributed by atoms with Crippen LogP contribution in [-0.4, -0.2) is 29.6 Å². The van der Waals surface area contributed by atoms with Gasteiger partial charge in [0, 0.05) is 19.0 Å². The molecule has 70 valence electrons. The summed E-state index contributed by atoms with van der Waals surface area (Å²) in [5.41, 5.74) is 0. The molecule has 1 heterocycles. The Morgan fingerprint density at radius 1 is 1.58 bits per heavy atom. The maximum atomic E-state index is 9.12. The van der Waals surface area contributed by atoms with Crippen molar-refractivity contribution in [3.05, 3.63) is 0 Å². The third kappa shape index (κ3) is 3.22. The van der Waals surface area contributed by atoms with E-state index in [1.54, 1.807) is 0 Å². The van der Waals surface area contributed by atoms with Gasteiger partial charge in [-0.15, -0.1) is 0 Å². The van der Waals surface area contributed by atoms with Gasteiger partial charge < -0.3 is 10.4 Å². The molecule has 3 heteroatoms. The van der Waals surface area contributed by atoms with Gasteiger partial charge in [-0.25, -0.2) is 0 Å². The molecule has 2 unspecified atom stereocenters. The number of aliphatic imine (C=N–C) groups is 1. The number of nitrogens with zero attached hydrogens (tertiary/aromatic N) is 1. The Morgan fingerprint density at radius 3 is 2.83 bits per heavy atom. The molecule has 1 aliphatic heterocycles. The Morgan fingerprint density at radius 2 is 2.33 bits per heavy atom. The molecule has 12 heavy (non-hydrogen) atoms. The minimum atomic E-state index is -0.227. The summed E-state index contributed by atoms with van der Waals surface area (Å²) >= 11 is 0. The van der Waals surface area contributed by atoms with Crippen LogP contribution in [-0.2, 0) is 0 Å². The van der Waals surface area contributed by atoms with Gasteiger partial charge in [-0.3, -0.25) is 4.99 Å². The molecule has 0 fully saturated rings. The van der Waals surface area contributed by atoms with Crippen LogP contribution in [0.1, 0.15) is 33.1 Å². The molecule has 0 saturated carbocycles. The summed E-state index contributed by atoms with van der Waals surface area (Å²) in [5, 5.41) is 12.4. The molecular formula is C9H18N2O. The molecule has 0 spiro atoms. The van der Waals surface area contributed by atoms with E-state index >= 15 is 0 Å². The summed E-state index contributed by atoms with van der Waals surface area (Å²) in [4.78, 5) is 4.31. The van der Waals surface area contributed by atoms with Crippen LogP contribution in [0.4, 0.5) is 0 Å². The standard InChI is InChI=1S/C9H18N2O/c1-7(6-8(2)12)11-9-4-3-5-10-9/h7-8,12H,3-6H2,1-2H3,(H,10,11). The zero-order valence-corrected chi connectivity index (χ0v) is 7.88. The molecule has 0 saturated heterocycles. The number of hydrogen-bond acceptors (Lipinski definition) is 3. The van der Waals surface area contributed by atoms with Crippen LogP contribution < -0.4 is 5.32 Å². The largest absolute Gasteiger partial charge is 0.393 e. The van der Waals surface area contributed by atoms with Crippen molar-refractivity contribution in [3.63, 3.8) is 0 Å². The lowest BCUT2D eigenvalue weighted by Crippen LogP contribution is -2.33. The summed E-state index contributed by atoms with van der Waals surface area (Å²) in [7, 11) is 0. The second kappa shape index (κ2) is 4.45. The number of nitrogens with one attached hydrogen (secondary N) is 1. The van der Waals surface area contributed by atoms with Gasteiger partial charge in [0.05, 0.1) is 11.9 Å². The van der Waals surface area contributed by atoms with Gasteiger partial charge in [0.25, 0.3) is 0 Å². The second-order valence-corrected chi connectivity index (χ2v) is 3.56. The fourth-order valence-electron chi connectivity index (χ4n) is 1.51. The fraction of sp³-hybridized carbons (Fsp3) is 0.889. The molecule has 0 radical (unpaired) electrons. The molecule has 0 aromatic rings. The minimum Gasteiger partial charge on any atom is -0.393 e. The molecule has 1 aliphatic rings. The summed E-state index contributed by atoms with van der Waals surface area (Å²) < 4.78 is 0. The Balaban J connectivity index is 2.21. The number of rotatable bonds is 3. The molecule has 0 amide bonds. The number of hydrogen-bond donors (Lipinski definition) is 2. The quantitative estimate of drug-likeness (QED) is 0.661. The van der Waals surface area contributed by atoms with E-state index in [4.69, 9.17) is 5.11 Å². The van der Waals surface area contributed by atoms with Crippen molar-refractivity contribution < 1.29 is 5.11 Å². The molecule has 3 nitrogen and oxygen atoms in total. The number of aliphatic hydroxyl groups is 1. The smallest absolute Gasteiger partial charge is 0.0965 e. The topological polar surface area (TPSA) is 44.6 Å². The van der Waals surface area contributed by atoms with Gasteiger partial charge in [-0.1, -0.05) is 0 Å². The molecule has 1 rings (SSSR count). The highest BCUT2D eigenvalue weighted by atomic mass is 16.3. The predicted molar refractivity (Wildman–Crippen MR) is 50.4 cm³/mol. The van der Waals surface area contributed by atoms with E-state index in [1.807, 2.05) is 6.92 Å². The lowest BCUT2D eigenvalue weighted by molar-refractivity contribution is 0.174. The lowest BCUT2D eigenvalue weighted by Gasteiger charge is -2.16. The number of amidine groups is 1. The Labute approximate surface area is 73.9 Å². The molecule has 0 aromatic carbocycles. The van der Waals surface area contributed by atoms with E-state index in [-0.39, 0.29) is 6.10 Å². The van der Waals surface area contributed by atoms with Crippen molar-refractivity contribution in [1.82, 2.24) is 5.32 Å². The normalized spacial score (nSPS) is 21.8.